The van der Waals surface area contributed by atoms with Crippen molar-refractivity contribution in [2.75, 3.05) is 25.0 Å². The molecule has 1 saturated heterocycles. The van der Waals surface area contributed by atoms with Crippen LogP contribution in [0.2, 0.25) is 15.1 Å². The minimum Gasteiger partial charge on any atom is -0.324 e. The molecule has 0 radical (unpaired) electrons. The Hall–Kier alpha value is -0.480. The molecule has 1 aliphatic rings. The van der Waals surface area contributed by atoms with Gasteiger partial charge in [0.05, 0.1) is 27.3 Å². The molecule has 1 fully saturated rings. The van der Waals surface area contributed by atoms with Crippen molar-refractivity contribution in [3.05, 3.63) is 27.2 Å². The smallest absolute Gasteiger partial charge is 0.238 e. The summed E-state index contributed by atoms with van der Waals surface area (Å²) in [6.07, 6.45) is 1.22. The van der Waals surface area contributed by atoms with Crippen molar-refractivity contribution in [2.45, 2.75) is 20.3 Å². The summed E-state index contributed by atoms with van der Waals surface area (Å²) in [4.78, 5) is 14.3. The minimum atomic E-state index is -0.0865. The van der Waals surface area contributed by atoms with Crippen molar-refractivity contribution in [1.82, 2.24) is 4.90 Å². The van der Waals surface area contributed by atoms with E-state index in [2.05, 4.69) is 24.1 Å². The van der Waals surface area contributed by atoms with Gasteiger partial charge in [0.1, 0.15) is 0 Å². The van der Waals surface area contributed by atoms with Gasteiger partial charge in [-0.25, -0.2) is 0 Å². The summed E-state index contributed by atoms with van der Waals surface area (Å²) >= 11 is 17.9. The highest BCUT2D eigenvalue weighted by atomic mass is 35.5. The molecule has 1 aromatic rings. The third-order valence-electron chi connectivity index (χ3n) is 3.60. The first-order valence-electron chi connectivity index (χ1n) is 7.02. The van der Waals surface area contributed by atoms with Gasteiger partial charge in [-0.2, -0.15) is 0 Å². The lowest BCUT2D eigenvalue weighted by atomic mass is 9.92. The molecule has 0 saturated carbocycles. The lowest BCUT2D eigenvalue weighted by Gasteiger charge is -2.34. The number of carbonyl (C=O) groups excluding carboxylic acids is 1. The van der Waals surface area contributed by atoms with Crippen LogP contribution in [0.1, 0.15) is 20.3 Å². The Morgan fingerprint density at radius 3 is 2.33 bits per heavy atom. The highest BCUT2D eigenvalue weighted by molar-refractivity contribution is 6.44. The number of hydrogen-bond acceptors (Lipinski definition) is 2. The van der Waals surface area contributed by atoms with Crippen LogP contribution in [-0.2, 0) is 4.79 Å². The van der Waals surface area contributed by atoms with Crippen LogP contribution < -0.4 is 5.32 Å². The number of nitrogens with one attached hydrogen (secondary N) is 1. The maximum absolute atomic E-state index is 12.2. The number of amides is 1. The summed E-state index contributed by atoms with van der Waals surface area (Å²) in [5.74, 6) is 1.15. The Kier molecular flexibility index (Phi) is 5.78. The van der Waals surface area contributed by atoms with Gasteiger partial charge < -0.3 is 5.32 Å². The first-order chi connectivity index (χ1) is 9.85. The van der Waals surface area contributed by atoms with E-state index in [0.29, 0.717) is 39.1 Å². The first-order valence-corrected chi connectivity index (χ1v) is 8.15. The van der Waals surface area contributed by atoms with Crippen LogP contribution in [0.4, 0.5) is 5.69 Å². The number of piperidine rings is 1. The molecule has 2 atom stereocenters. The number of rotatable bonds is 3. The van der Waals surface area contributed by atoms with E-state index in [-0.39, 0.29) is 5.91 Å². The van der Waals surface area contributed by atoms with E-state index in [9.17, 15) is 4.79 Å². The van der Waals surface area contributed by atoms with Gasteiger partial charge in [0.25, 0.3) is 0 Å². The summed E-state index contributed by atoms with van der Waals surface area (Å²) < 4.78 is 0. The van der Waals surface area contributed by atoms with Gasteiger partial charge in [-0.15, -0.1) is 0 Å². The van der Waals surface area contributed by atoms with Crippen LogP contribution in [0.15, 0.2) is 12.1 Å². The molecule has 0 bridgehead atoms. The lowest BCUT2D eigenvalue weighted by molar-refractivity contribution is -0.117. The number of nitrogens with zero attached hydrogens (tertiary/aromatic N) is 1. The van der Waals surface area contributed by atoms with Crippen LogP contribution in [0.25, 0.3) is 0 Å². The van der Waals surface area contributed by atoms with Crippen molar-refractivity contribution >= 4 is 46.4 Å². The number of hydrogen-bond donors (Lipinski definition) is 1. The number of carbonyl (C=O) groups is 1. The van der Waals surface area contributed by atoms with Crippen LogP contribution in [0.3, 0.4) is 0 Å². The molecule has 21 heavy (non-hydrogen) atoms. The quantitative estimate of drug-likeness (QED) is 0.811. The fourth-order valence-electron chi connectivity index (χ4n) is 2.93. The van der Waals surface area contributed by atoms with Crippen molar-refractivity contribution < 1.29 is 4.79 Å². The maximum Gasteiger partial charge on any atom is 0.238 e. The second-order valence-corrected chi connectivity index (χ2v) is 7.16. The summed E-state index contributed by atoms with van der Waals surface area (Å²) in [6.45, 7) is 6.71. The Balaban J connectivity index is 1.97. The third kappa shape index (κ3) is 4.75. The van der Waals surface area contributed by atoms with Gasteiger partial charge in [-0.3, -0.25) is 9.69 Å². The standard InChI is InChI=1S/C15H19Cl3N2O/c1-9-3-10(2)7-20(6-9)8-15(21)19-14-5-12(17)11(16)4-13(14)18/h4-5,9-10H,3,6-8H2,1-2H3,(H,19,21). The van der Waals surface area contributed by atoms with E-state index >= 15 is 0 Å². The summed E-state index contributed by atoms with van der Waals surface area (Å²) in [5.41, 5.74) is 0.495. The molecule has 0 aromatic heterocycles. The van der Waals surface area contributed by atoms with E-state index in [1.807, 2.05) is 0 Å². The molecule has 3 nitrogen and oxygen atoms in total. The molecule has 1 N–H and O–H groups in total. The van der Waals surface area contributed by atoms with Crippen LogP contribution in [0.5, 0.6) is 0 Å². The van der Waals surface area contributed by atoms with Crippen molar-refractivity contribution in [2.24, 2.45) is 11.8 Å². The molecule has 2 rings (SSSR count). The largest absolute Gasteiger partial charge is 0.324 e. The number of likely N-dealkylation sites (tertiary alicyclic amines) is 1. The minimum absolute atomic E-state index is 0.0865. The zero-order valence-corrected chi connectivity index (χ0v) is 14.4. The second-order valence-electron chi connectivity index (χ2n) is 5.93. The fourth-order valence-corrected chi connectivity index (χ4v) is 3.53. The number of anilines is 1. The van der Waals surface area contributed by atoms with E-state index < -0.39 is 0 Å². The Morgan fingerprint density at radius 2 is 1.71 bits per heavy atom. The monoisotopic (exact) mass is 348 g/mol. The molecule has 0 aliphatic carbocycles. The van der Waals surface area contributed by atoms with Gasteiger partial charge in [-0.1, -0.05) is 48.7 Å². The molecule has 0 spiro atoms. The van der Waals surface area contributed by atoms with Gasteiger partial charge in [0, 0.05) is 13.1 Å². The van der Waals surface area contributed by atoms with Crippen LogP contribution in [-0.4, -0.2) is 30.4 Å². The van der Waals surface area contributed by atoms with Gasteiger partial charge in [-0.05, 0) is 30.4 Å². The highest BCUT2D eigenvalue weighted by Crippen LogP contribution is 2.32. The average molecular weight is 350 g/mol. The van der Waals surface area contributed by atoms with E-state index in [1.165, 1.54) is 12.5 Å². The van der Waals surface area contributed by atoms with Crippen LogP contribution >= 0.6 is 34.8 Å². The molecule has 1 amide bonds. The molecule has 6 heteroatoms. The summed E-state index contributed by atoms with van der Waals surface area (Å²) in [5, 5.41) is 3.93. The van der Waals surface area contributed by atoms with Gasteiger partial charge >= 0.3 is 0 Å². The Morgan fingerprint density at radius 1 is 1.14 bits per heavy atom. The van der Waals surface area contributed by atoms with Crippen LogP contribution in [0, 0.1) is 11.8 Å². The third-order valence-corrected chi connectivity index (χ3v) is 4.63. The molecule has 1 aromatic carbocycles. The van der Waals surface area contributed by atoms with Gasteiger partial charge in [0.15, 0.2) is 0 Å². The Labute approximate surface area is 140 Å². The van der Waals surface area contributed by atoms with Crippen molar-refractivity contribution in [3.8, 4) is 0 Å². The van der Waals surface area contributed by atoms with Gasteiger partial charge in [0.2, 0.25) is 5.91 Å². The predicted molar refractivity (Wildman–Crippen MR) is 89.5 cm³/mol. The Bertz CT molecular complexity index is 526. The molecule has 2 unspecified atom stereocenters. The molecule has 116 valence electrons. The number of benzene rings is 1. The number of halogens is 3. The normalized spacial score (nSPS) is 23.1. The second kappa shape index (κ2) is 7.19. The zero-order valence-electron chi connectivity index (χ0n) is 12.1. The predicted octanol–water partition coefficient (Wildman–Crippen LogP) is 4.56. The first kappa shape index (κ1) is 16.9. The van der Waals surface area contributed by atoms with Crippen molar-refractivity contribution in [3.63, 3.8) is 0 Å². The van der Waals surface area contributed by atoms with E-state index in [4.69, 9.17) is 34.8 Å². The van der Waals surface area contributed by atoms with E-state index in [0.717, 1.165) is 13.1 Å². The summed E-state index contributed by atoms with van der Waals surface area (Å²) in [7, 11) is 0. The fraction of sp³-hybridized carbons (Fsp3) is 0.533. The molecular formula is C15H19Cl3N2O. The topological polar surface area (TPSA) is 32.3 Å². The molecular weight excluding hydrogens is 331 g/mol. The SMILES string of the molecule is CC1CC(C)CN(CC(=O)Nc2cc(Cl)c(Cl)cc2Cl)C1. The lowest BCUT2D eigenvalue weighted by Crippen LogP contribution is -2.42. The maximum atomic E-state index is 12.2. The van der Waals surface area contributed by atoms with E-state index in [1.54, 1.807) is 6.07 Å². The zero-order chi connectivity index (χ0) is 15.6. The van der Waals surface area contributed by atoms with Crippen molar-refractivity contribution in [1.29, 1.82) is 0 Å². The highest BCUT2D eigenvalue weighted by Gasteiger charge is 2.23. The summed E-state index contributed by atoms with van der Waals surface area (Å²) in [6, 6.07) is 3.11. The molecule has 1 heterocycles. The molecule has 1 aliphatic heterocycles. The average Bonchev–Trinajstić information content (AvgIpc) is 2.34.